The highest BCUT2D eigenvalue weighted by atomic mass is 35.5. The Morgan fingerprint density at radius 1 is 1.10 bits per heavy atom. The SMILES string of the molecule is C=C(NOCC(=O)N(Cc1ccccc1Cl)c1ccccc1C(=O)[O-])c1cccs1. The van der Waals surface area contributed by atoms with Crippen molar-refractivity contribution in [2.45, 2.75) is 6.54 Å². The quantitative estimate of drug-likeness (QED) is 0.514. The number of nitrogens with zero attached hydrogens (tertiary/aromatic N) is 1. The third kappa shape index (κ3) is 5.27. The van der Waals surface area contributed by atoms with Crippen molar-refractivity contribution in [2.24, 2.45) is 0 Å². The minimum atomic E-state index is -1.38. The van der Waals surface area contributed by atoms with Gasteiger partial charge in [-0.2, -0.15) is 0 Å². The van der Waals surface area contributed by atoms with Gasteiger partial charge in [0.1, 0.15) is 0 Å². The number of halogens is 1. The lowest BCUT2D eigenvalue weighted by atomic mass is 10.1. The highest BCUT2D eigenvalue weighted by molar-refractivity contribution is 7.11. The molecule has 2 aromatic carbocycles. The molecule has 30 heavy (non-hydrogen) atoms. The van der Waals surface area contributed by atoms with Gasteiger partial charge in [0.25, 0.3) is 5.91 Å². The molecule has 0 aliphatic carbocycles. The van der Waals surface area contributed by atoms with Gasteiger partial charge >= 0.3 is 0 Å². The summed E-state index contributed by atoms with van der Waals surface area (Å²) in [5.74, 6) is -1.84. The van der Waals surface area contributed by atoms with Gasteiger partial charge in [0.2, 0.25) is 0 Å². The minimum absolute atomic E-state index is 0.0675. The van der Waals surface area contributed by atoms with Gasteiger partial charge in [-0.05, 0) is 29.1 Å². The molecule has 0 unspecified atom stereocenters. The Kier molecular flexibility index (Phi) is 7.24. The van der Waals surface area contributed by atoms with Gasteiger partial charge in [0, 0.05) is 10.6 Å². The van der Waals surface area contributed by atoms with E-state index in [0.717, 1.165) is 4.88 Å². The number of aromatic carboxylic acids is 1. The van der Waals surface area contributed by atoms with E-state index in [-0.39, 0.29) is 24.4 Å². The fourth-order valence-electron chi connectivity index (χ4n) is 2.75. The van der Waals surface area contributed by atoms with Crippen molar-refractivity contribution in [3.8, 4) is 0 Å². The molecule has 1 aromatic heterocycles. The van der Waals surface area contributed by atoms with E-state index >= 15 is 0 Å². The number of benzene rings is 2. The van der Waals surface area contributed by atoms with Crippen LogP contribution in [0.3, 0.4) is 0 Å². The molecule has 1 amide bonds. The first kappa shape index (κ1) is 21.6. The number of hydroxylamine groups is 1. The zero-order valence-corrected chi connectivity index (χ0v) is 17.4. The van der Waals surface area contributed by atoms with E-state index in [2.05, 4.69) is 12.1 Å². The molecule has 0 aliphatic rings. The molecule has 8 heteroatoms. The maximum absolute atomic E-state index is 13.0. The lowest BCUT2D eigenvalue weighted by Gasteiger charge is -2.26. The first-order chi connectivity index (χ1) is 14.5. The fraction of sp³-hybridized carbons (Fsp3) is 0.0909. The molecule has 0 saturated carbocycles. The van der Waals surface area contributed by atoms with Crippen LogP contribution in [0.25, 0.3) is 5.70 Å². The summed E-state index contributed by atoms with van der Waals surface area (Å²) in [5.41, 5.74) is 3.93. The number of carboxylic acids is 1. The standard InChI is InChI=1S/C22H19ClN2O4S/c1-15(20-11-6-12-30-20)24-29-14-21(26)25(13-16-7-2-4-9-18(16)23)19-10-5-3-8-17(19)22(27)28/h2-12,24H,1,13-14H2,(H,27,28)/p-1. The van der Waals surface area contributed by atoms with Crippen LogP contribution >= 0.6 is 22.9 Å². The molecule has 154 valence electrons. The van der Waals surface area contributed by atoms with E-state index in [9.17, 15) is 14.7 Å². The number of carboxylic acid groups (broad SMARTS) is 1. The van der Waals surface area contributed by atoms with Crippen LogP contribution in [0.15, 0.2) is 72.6 Å². The fourth-order valence-corrected chi connectivity index (χ4v) is 3.59. The number of hydrogen-bond acceptors (Lipinski definition) is 6. The summed E-state index contributed by atoms with van der Waals surface area (Å²) >= 11 is 7.72. The van der Waals surface area contributed by atoms with E-state index in [1.54, 1.807) is 36.4 Å². The molecular weight excluding hydrogens is 424 g/mol. The molecule has 0 aliphatic heterocycles. The van der Waals surface area contributed by atoms with Crippen LogP contribution in [0.2, 0.25) is 5.02 Å². The van der Waals surface area contributed by atoms with Crippen molar-refractivity contribution >= 4 is 46.2 Å². The molecule has 0 atom stereocenters. The van der Waals surface area contributed by atoms with Gasteiger partial charge in [0.05, 0.1) is 28.8 Å². The van der Waals surface area contributed by atoms with E-state index in [0.29, 0.717) is 16.3 Å². The number of amides is 1. The number of anilines is 1. The van der Waals surface area contributed by atoms with Crippen LogP contribution < -0.4 is 15.5 Å². The van der Waals surface area contributed by atoms with Crippen molar-refractivity contribution in [2.75, 3.05) is 11.5 Å². The Morgan fingerprint density at radius 2 is 1.83 bits per heavy atom. The van der Waals surface area contributed by atoms with Gasteiger partial charge in [-0.15, -0.1) is 11.3 Å². The Balaban J connectivity index is 1.80. The zero-order chi connectivity index (χ0) is 21.5. The highest BCUT2D eigenvalue weighted by Crippen LogP contribution is 2.25. The molecule has 0 spiro atoms. The molecule has 0 radical (unpaired) electrons. The normalized spacial score (nSPS) is 10.4. The van der Waals surface area contributed by atoms with Crippen molar-refractivity contribution < 1.29 is 19.5 Å². The number of nitrogens with one attached hydrogen (secondary N) is 1. The minimum Gasteiger partial charge on any atom is -0.545 e. The summed E-state index contributed by atoms with van der Waals surface area (Å²) in [6.07, 6.45) is 0. The second-order valence-electron chi connectivity index (χ2n) is 6.22. The summed E-state index contributed by atoms with van der Waals surface area (Å²) in [4.78, 5) is 32.1. The van der Waals surface area contributed by atoms with E-state index in [4.69, 9.17) is 16.4 Å². The number of carbonyl (C=O) groups is 2. The Hall–Kier alpha value is -3.13. The lowest BCUT2D eigenvalue weighted by Crippen LogP contribution is -2.37. The number of thiophene rings is 1. The molecule has 0 bridgehead atoms. The zero-order valence-electron chi connectivity index (χ0n) is 15.8. The Labute approximate surface area is 182 Å². The average molecular weight is 442 g/mol. The van der Waals surface area contributed by atoms with Crippen LogP contribution in [0, 0.1) is 0 Å². The van der Waals surface area contributed by atoms with Crippen molar-refractivity contribution in [3.63, 3.8) is 0 Å². The average Bonchev–Trinajstić information content (AvgIpc) is 3.28. The molecule has 3 aromatic rings. The number of carbonyl (C=O) groups excluding carboxylic acids is 2. The van der Waals surface area contributed by atoms with Crippen LogP contribution in [-0.2, 0) is 16.2 Å². The molecule has 0 saturated heterocycles. The van der Waals surface area contributed by atoms with Gasteiger partial charge in [-0.1, -0.05) is 60.6 Å². The van der Waals surface area contributed by atoms with Crippen LogP contribution in [0.5, 0.6) is 0 Å². The molecule has 6 nitrogen and oxygen atoms in total. The lowest BCUT2D eigenvalue weighted by molar-refractivity contribution is -0.254. The molecule has 1 N–H and O–H groups in total. The van der Waals surface area contributed by atoms with E-state index in [1.165, 1.54) is 28.4 Å². The predicted octanol–water partition coefficient (Wildman–Crippen LogP) is 3.49. The Morgan fingerprint density at radius 3 is 2.53 bits per heavy atom. The van der Waals surface area contributed by atoms with Crippen LogP contribution in [0.4, 0.5) is 5.69 Å². The predicted molar refractivity (Wildman–Crippen MR) is 116 cm³/mol. The molecule has 3 rings (SSSR count). The topological polar surface area (TPSA) is 81.7 Å². The first-order valence-corrected chi connectivity index (χ1v) is 10.2. The summed E-state index contributed by atoms with van der Waals surface area (Å²) in [6, 6.07) is 16.9. The molecule has 1 heterocycles. The van der Waals surface area contributed by atoms with Crippen molar-refractivity contribution in [3.05, 3.63) is 93.6 Å². The molecule has 0 fully saturated rings. The number of rotatable bonds is 9. The smallest absolute Gasteiger partial charge is 0.256 e. The highest BCUT2D eigenvalue weighted by Gasteiger charge is 2.21. The van der Waals surface area contributed by atoms with Crippen LogP contribution in [-0.4, -0.2) is 18.5 Å². The first-order valence-electron chi connectivity index (χ1n) is 8.92. The van der Waals surface area contributed by atoms with Gasteiger partial charge in [-0.25, -0.2) is 0 Å². The van der Waals surface area contributed by atoms with Gasteiger partial charge < -0.3 is 14.8 Å². The second kappa shape index (κ2) is 10.1. The van der Waals surface area contributed by atoms with Crippen LogP contribution in [0.1, 0.15) is 20.8 Å². The monoisotopic (exact) mass is 441 g/mol. The number of hydrogen-bond donors (Lipinski definition) is 1. The maximum atomic E-state index is 13.0. The largest absolute Gasteiger partial charge is 0.545 e. The maximum Gasteiger partial charge on any atom is 0.256 e. The third-order valence-electron chi connectivity index (χ3n) is 4.21. The third-order valence-corrected chi connectivity index (χ3v) is 5.51. The van der Waals surface area contributed by atoms with E-state index < -0.39 is 11.9 Å². The van der Waals surface area contributed by atoms with Crippen molar-refractivity contribution in [1.29, 1.82) is 0 Å². The van der Waals surface area contributed by atoms with Gasteiger partial charge in [-0.3, -0.25) is 15.1 Å². The molecular formula is C22H18ClN2O4S-. The van der Waals surface area contributed by atoms with E-state index in [1.807, 2.05) is 17.5 Å². The Bertz CT molecular complexity index is 1050. The summed E-state index contributed by atoms with van der Waals surface area (Å²) in [7, 11) is 0. The summed E-state index contributed by atoms with van der Waals surface area (Å²) in [5, 5.41) is 13.9. The summed E-state index contributed by atoms with van der Waals surface area (Å²) < 4.78 is 0. The second-order valence-corrected chi connectivity index (χ2v) is 7.58. The number of para-hydroxylation sites is 1. The van der Waals surface area contributed by atoms with Gasteiger partial charge in [0.15, 0.2) is 6.61 Å². The van der Waals surface area contributed by atoms with Crippen molar-refractivity contribution in [1.82, 2.24) is 5.48 Å². The summed E-state index contributed by atoms with van der Waals surface area (Å²) in [6.45, 7) is 3.58.